The van der Waals surface area contributed by atoms with E-state index >= 15 is 0 Å². The zero-order valence-electron chi connectivity index (χ0n) is 26.6. The molecule has 0 saturated heterocycles. The molecule has 3 aromatic rings. The van der Waals surface area contributed by atoms with Crippen LogP contribution in [0, 0.1) is 31.1 Å². The highest BCUT2D eigenvalue weighted by Crippen LogP contribution is 2.63. The van der Waals surface area contributed by atoms with Crippen LogP contribution in [0.1, 0.15) is 67.6 Å². The topological polar surface area (TPSA) is 120 Å². The summed E-state index contributed by atoms with van der Waals surface area (Å²) >= 11 is 0. The van der Waals surface area contributed by atoms with Crippen molar-refractivity contribution in [2.45, 2.75) is 81.8 Å². The smallest absolute Gasteiger partial charge is 0.407 e. The molecule has 2 aliphatic carbocycles. The Hall–Kier alpha value is -3.87. The lowest BCUT2D eigenvalue weighted by Gasteiger charge is -2.40. The van der Waals surface area contributed by atoms with Gasteiger partial charge in [0.1, 0.15) is 0 Å². The first kappa shape index (κ1) is 33.0. The van der Waals surface area contributed by atoms with E-state index in [2.05, 4.69) is 20.0 Å². The van der Waals surface area contributed by atoms with Crippen molar-refractivity contribution in [2.75, 3.05) is 18.4 Å². The number of carbonyl (C=O) groups excluding carboxylic acids is 1. The third kappa shape index (κ3) is 6.90. The van der Waals surface area contributed by atoms with Gasteiger partial charge < -0.3 is 14.8 Å². The van der Waals surface area contributed by atoms with Gasteiger partial charge in [-0.05, 0) is 99.5 Å². The van der Waals surface area contributed by atoms with E-state index in [1.54, 1.807) is 24.3 Å². The van der Waals surface area contributed by atoms with Crippen LogP contribution >= 0.6 is 0 Å². The molecule has 1 amide bonds. The Morgan fingerprint density at radius 1 is 1.04 bits per heavy atom. The number of aryl methyl sites for hydroxylation is 2. The molecule has 1 aliphatic heterocycles. The molecule has 2 aromatic carbocycles. The van der Waals surface area contributed by atoms with Crippen molar-refractivity contribution >= 4 is 22.1 Å². The predicted molar refractivity (Wildman–Crippen MR) is 170 cm³/mol. The molecule has 4 bridgehead atoms. The maximum atomic E-state index is 14.5. The quantitative estimate of drug-likeness (QED) is 0.292. The second kappa shape index (κ2) is 12.6. The Labute approximate surface area is 272 Å². The first-order valence-corrected chi connectivity index (χ1v) is 17.4. The highest BCUT2D eigenvalue weighted by Gasteiger charge is 2.64. The van der Waals surface area contributed by atoms with Crippen molar-refractivity contribution in [2.24, 2.45) is 17.3 Å². The van der Waals surface area contributed by atoms with Crippen LogP contribution in [0.25, 0.3) is 11.3 Å². The fourth-order valence-electron chi connectivity index (χ4n) is 7.47. The summed E-state index contributed by atoms with van der Waals surface area (Å²) in [5.41, 5.74) is 1.88. The number of fused-ring (bicyclic) bond motifs is 4. The molecule has 9 nitrogen and oxygen atoms in total. The van der Waals surface area contributed by atoms with Gasteiger partial charge in [0, 0.05) is 23.6 Å². The third-order valence-corrected chi connectivity index (χ3v) is 11.4. The molecule has 0 radical (unpaired) electrons. The van der Waals surface area contributed by atoms with Crippen molar-refractivity contribution < 1.29 is 35.9 Å². The average molecular weight is 673 g/mol. The lowest BCUT2D eigenvalue weighted by Crippen LogP contribution is -2.40. The Balaban J connectivity index is 1.44. The molecule has 6 rings (SSSR count). The third-order valence-electron chi connectivity index (χ3n) is 10.1. The molecule has 1 aromatic heterocycles. The Bertz CT molecular complexity index is 1730. The number of halogens is 3. The summed E-state index contributed by atoms with van der Waals surface area (Å²) in [5, 5.41) is 2.84. The largest absolute Gasteiger partial charge is 0.477 e. The van der Waals surface area contributed by atoms with Gasteiger partial charge in [0.15, 0.2) is 0 Å². The summed E-state index contributed by atoms with van der Waals surface area (Å²) in [7, 11) is -2.88. The number of nitrogens with one attached hydrogen (secondary N) is 2. The number of aromatic nitrogens is 2. The van der Waals surface area contributed by atoms with Crippen LogP contribution in [-0.4, -0.2) is 50.4 Å². The average Bonchev–Trinajstić information content (AvgIpc) is 3.81. The summed E-state index contributed by atoms with van der Waals surface area (Å²) < 4.78 is 84.5. The molecule has 47 heavy (non-hydrogen) atoms. The van der Waals surface area contributed by atoms with Crippen LogP contribution in [-0.2, 0) is 14.8 Å². The number of hydrogen-bond acceptors (Lipinski definition) is 7. The number of methoxy groups -OCH3 is 1. The highest BCUT2D eigenvalue weighted by atomic mass is 32.2. The molecular weight excluding hydrogens is 633 g/mol. The number of rotatable bonds is 5. The molecule has 2 atom stereocenters. The van der Waals surface area contributed by atoms with Gasteiger partial charge in [0.25, 0.3) is 10.0 Å². The molecule has 2 N–H and O–H groups in total. The van der Waals surface area contributed by atoms with Gasteiger partial charge >= 0.3 is 12.3 Å². The summed E-state index contributed by atoms with van der Waals surface area (Å²) in [4.78, 5) is 20.7. The molecular formula is C34H39F3N4O5S. The lowest BCUT2D eigenvalue weighted by atomic mass is 9.68. The number of nitrogens with zero attached hydrogens (tertiary/aromatic N) is 2. The zero-order chi connectivity index (χ0) is 33.6. The normalized spacial score (nSPS) is 24.8. The SMILES string of the molecule is COC(=O)NC1CCC(C2c3cccc(c3)S(=O)(=O)Nc3nc(cc(-c4c(C)cccc4C)n3)OC[C@H]2CC2(C(F)(F)F)CC2)CC1. The van der Waals surface area contributed by atoms with E-state index in [9.17, 15) is 26.4 Å². The minimum Gasteiger partial charge on any atom is -0.477 e. The summed E-state index contributed by atoms with van der Waals surface area (Å²) in [5.74, 6) is -1.25. The van der Waals surface area contributed by atoms with Crippen molar-refractivity contribution in [3.05, 3.63) is 65.2 Å². The Morgan fingerprint density at radius 3 is 2.36 bits per heavy atom. The summed E-state index contributed by atoms with van der Waals surface area (Å²) in [6, 6.07) is 13.7. The molecule has 2 heterocycles. The first-order valence-electron chi connectivity index (χ1n) is 15.9. The minimum absolute atomic E-state index is 0.0270. The molecule has 2 fully saturated rings. The van der Waals surface area contributed by atoms with Crippen LogP contribution in [0.15, 0.2) is 53.4 Å². The van der Waals surface area contributed by atoms with Crippen molar-refractivity contribution in [3.63, 3.8) is 0 Å². The number of alkyl halides is 3. The van der Waals surface area contributed by atoms with Crippen LogP contribution in [0.2, 0.25) is 0 Å². The van der Waals surface area contributed by atoms with Crippen molar-refractivity contribution in [3.8, 4) is 17.1 Å². The molecule has 252 valence electrons. The van der Waals surface area contributed by atoms with E-state index in [0.717, 1.165) is 16.7 Å². The van der Waals surface area contributed by atoms with Crippen LogP contribution in [0.3, 0.4) is 0 Å². The monoisotopic (exact) mass is 672 g/mol. The molecule has 3 aliphatic rings. The van der Waals surface area contributed by atoms with Gasteiger partial charge in [-0.2, -0.15) is 18.2 Å². The van der Waals surface area contributed by atoms with Crippen molar-refractivity contribution in [1.29, 1.82) is 0 Å². The van der Waals surface area contributed by atoms with Crippen LogP contribution < -0.4 is 14.8 Å². The molecule has 1 unspecified atom stereocenters. The Morgan fingerprint density at radius 2 is 1.72 bits per heavy atom. The number of carbonyl (C=O) groups is 1. The second-order valence-electron chi connectivity index (χ2n) is 13.2. The van der Waals surface area contributed by atoms with E-state index < -0.39 is 39.5 Å². The minimum atomic E-state index is -4.38. The summed E-state index contributed by atoms with van der Waals surface area (Å²) in [6.07, 6.45) is -2.50. The number of alkyl carbamates (subject to hydrolysis) is 1. The van der Waals surface area contributed by atoms with Gasteiger partial charge in [-0.15, -0.1) is 0 Å². The number of ether oxygens (including phenoxy) is 2. The van der Waals surface area contributed by atoms with Crippen molar-refractivity contribution in [1.82, 2.24) is 15.3 Å². The van der Waals surface area contributed by atoms with Gasteiger partial charge in [-0.3, -0.25) is 0 Å². The van der Waals surface area contributed by atoms with Crippen LogP contribution in [0.5, 0.6) is 5.88 Å². The van der Waals surface area contributed by atoms with E-state index in [1.807, 2.05) is 32.0 Å². The number of benzene rings is 2. The van der Waals surface area contributed by atoms with Gasteiger partial charge in [-0.25, -0.2) is 22.9 Å². The van der Waals surface area contributed by atoms with E-state index in [-0.39, 0.29) is 54.6 Å². The van der Waals surface area contributed by atoms with E-state index in [0.29, 0.717) is 36.9 Å². The number of anilines is 1. The lowest BCUT2D eigenvalue weighted by molar-refractivity contribution is -0.193. The fraction of sp³-hybridized carbons (Fsp3) is 0.500. The second-order valence-corrected chi connectivity index (χ2v) is 14.9. The van der Waals surface area contributed by atoms with E-state index in [1.165, 1.54) is 13.2 Å². The standard InChI is InChI=1S/C34H39F3N4O5S/c1-20-6-4-7-21(2)29(20)27-17-28-40-31(39-27)41-47(43,44)26-9-5-8-23(16-26)30(22-10-12-25(13-11-22)38-32(42)45-3)24(19-46-28)18-33(14-15-33)34(35,36)37/h4-9,16-17,22,24-25,30H,10-15,18-19H2,1-3H3,(H,38,42)(H,39,40,41)/t22?,24-,25?,30?/m1/s1. The number of hydrogen-bond donors (Lipinski definition) is 2. The maximum Gasteiger partial charge on any atom is 0.407 e. The number of amides is 1. The van der Waals surface area contributed by atoms with Gasteiger partial charge in [0.05, 0.1) is 29.7 Å². The number of sulfonamides is 1. The highest BCUT2D eigenvalue weighted by molar-refractivity contribution is 7.92. The predicted octanol–water partition coefficient (Wildman–Crippen LogP) is 7.30. The van der Waals surface area contributed by atoms with Gasteiger partial charge in [0.2, 0.25) is 11.8 Å². The first-order chi connectivity index (χ1) is 22.3. The molecule has 0 spiro atoms. The summed E-state index contributed by atoms with van der Waals surface area (Å²) in [6.45, 7) is 3.78. The maximum absolute atomic E-state index is 14.5. The zero-order valence-corrected chi connectivity index (χ0v) is 27.4. The van der Waals surface area contributed by atoms with Crippen LogP contribution in [0.4, 0.5) is 23.9 Å². The van der Waals surface area contributed by atoms with E-state index in [4.69, 9.17) is 9.47 Å². The molecule has 2 saturated carbocycles. The fourth-order valence-corrected chi connectivity index (χ4v) is 8.47. The molecule has 13 heteroatoms. The Kier molecular flexibility index (Phi) is 8.88. The van der Waals surface area contributed by atoms with Gasteiger partial charge in [-0.1, -0.05) is 30.3 Å².